The Bertz CT molecular complexity index is 963. The number of hydrogen-bond donors (Lipinski definition) is 3. The van der Waals surface area contributed by atoms with Crippen LogP contribution >= 0.6 is 27.7 Å². The summed E-state index contributed by atoms with van der Waals surface area (Å²) in [5.74, 6) is -1.46. The lowest BCUT2D eigenvalue weighted by Crippen LogP contribution is -2.44. The highest BCUT2D eigenvalue weighted by Crippen LogP contribution is 2.18. The van der Waals surface area contributed by atoms with Crippen molar-refractivity contribution in [1.82, 2.24) is 10.6 Å². The van der Waals surface area contributed by atoms with Gasteiger partial charge in [0.1, 0.15) is 17.5 Å². The highest BCUT2D eigenvalue weighted by molar-refractivity contribution is 9.10. The SMILES string of the molecule is COc1ccccc1C(=O)N/C(=C\c1ccc(Br)cc1)C(=O)N[C@@H](CCSC)C(=O)O. The molecule has 31 heavy (non-hydrogen) atoms. The highest BCUT2D eigenvalue weighted by atomic mass is 79.9. The van der Waals surface area contributed by atoms with E-state index in [-0.39, 0.29) is 17.7 Å². The summed E-state index contributed by atoms with van der Waals surface area (Å²) in [4.78, 5) is 37.3. The first-order valence-electron chi connectivity index (χ1n) is 9.30. The number of benzene rings is 2. The second-order valence-corrected chi connectivity index (χ2v) is 8.31. The number of carboxylic acid groups (broad SMARTS) is 1. The Morgan fingerprint density at radius 1 is 1.16 bits per heavy atom. The van der Waals surface area contributed by atoms with E-state index >= 15 is 0 Å². The summed E-state index contributed by atoms with van der Waals surface area (Å²) in [5.41, 5.74) is 0.829. The first kappa shape index (κ1) is 24.5. The molecule has 9 heteroatoms. The molecule has 0 unspecified atom stereocenters. The molecule has 2 rings (SSSR count). The van der Waals surface area contributed by atoms with E-state index in [0.29, 0.717) is 17.1 Å². The molecule has 2 aromatic rings. The van der Waals surface area contributed by atoms with Crippen molar-refractivity contribution in [3.8, 4) is 5.75 Å². The van der Waals surface area contributed by atoms with Crippen molar-refractivity contribution in [3.05, 3.63) is 69.8 Å². The van der Waals surface area contributed by atoms with Crippen molar-refractivity contribution >= 4 is 51.6 Å². The van der Waals surface area contributed by atoms with E-state index in [4.69, 9.17) is 4.74 Å². The van der Waals surface area contributed by atoms with Gasteiger partial charge in [0.2, 0.25) is 0 Å². The molecule has 0 aliphatic carbocycles. The van der Waals surface area contributed by atoms with Crippen LogP contribution in [0.5, 0.6) is 5.75 Å². The number of halogens is 1. The van der Waals surface area contributed by atoms with Gasteiger partial charge < -0.3 is 20.5 Å². The zero-order valence-electron chi connectivity index (χ0n) is 17.1. The number of aliphatic carboxylic acids is 1. The summed E-state index contributed by atoms with van der Waals surface area (Å²) in [6.45, 7) is 0. The van der Waals surface area contributed by atoms with E-state index in [1.165, 1.54) is 24.9 Å². The molecule has 2 amide bonds. The van der Waals surface area contributed by atoms with Crippen molar-refractivity contribution in [3.63, 3.8) is 0 Å². The smallest absolute Gasteiger partial charge is 0.326 e. The summed E-state index contributed by atoms with van der Waals surface area (Å²) in [5, 5.41) is 14.5. The number of ether oxygens (including phenoxy) is 1. The van der Waals surface area contributed by atoms with Gasteiger partial charge in [-0.3, -0.25) is 9.59 Å². The molecular formula is C22H23BrN2O5S. The third kappa shape index (κ3) is 7.45. The van der Waals surface area contributed by atoms with E-state index in [2.05, 4.69) is 26.6 Å². The molecule has 0 spiro atoms. The number of thioether (sulfide) groups is 1. The quantitative estimate of drug-likeness (QED) is 0.425. The molecule has 7 nitrogen and oxygen atoms in total. The van der Waals surface area contributed by atoms with Crippen molar-refractivity contribution in [1.29, 1.82) is 0 Å². The molecule has 0 bridgehead atoms. The molecule has 0 fully saturated rings. The summed E-state index contributed by atoms with van der Waals surface area (Å²) < 4.78 is 6.07. The molecule has 0 heterocycles. The Labute approximate surface area is 193 Å². The number of methoxy groups -OCH3 is 1. The number of rotatable bonds is 10. The fourth-order valence-electron chi connectivity index (χ4n) is 2.64. The number of nitrogens with one attached hydrogen (secondary N) is 2. The predicted molar refractivity (Wildman–Crippen MR) is 125 cm³/mol. The Balaban J connectivity index is 2.33. The maximum absolute atomic E-state index is 12.9. The van der Waals surface area contributed by atoms with Crippen molar-refractivity contribution < 1.29 is 24.2 Å². The van der Waals surface area contributed by atoms with E-state index in [9.17, 15) is 19.5 Å². The molecule has 0 saturated carbocycles. The molecule has 0 radical (unpaired) electrons. The third-order valence-corrected chi connectivity index (χ3v) is 5.41. The minimum absolute atomic E-state index is 0.0753. The molecule has 0 saturated heterocycles. The van der Waals surface area contributed by atoms with Crippen LogP contribution in [0.25, 0.3) is 6.08 Å². The normalized spacial score (nSPS) is 12.0. The number of para-hydroxylation sites is 1. The largest absolute Gasteiger partial charge is 0.496 e. The van der Waals surface area contributed by atoms with Gasteiger partial charge in [0.05, 0.1) is 12.7 Å². The number of carbonyl (C=O) groups excluding carboxylic acids is 2. The molecular weight excluding hydrogens is 484 g/mol. The van der Waals surface area contributed by atoms with Gasteiger partial charge in [-0.25, -0.2) is 4.79 Å². The fourth-order valence-corrected chi connectivity index (χ4v) is 3.37. The average Bonchev–Trinajstić information content (AvgIpc) is 2.77. The summed E-state index contributed by atoms with van der Waals surface area (Å²) in [6, 6.07) is 12.6. The van der Waals surface area contributed by atoms with Gasteiger partial charge >= 0.3 is 5.97 Å². The van der Waals surface area contributed by atoms with E-state index < -0.39 is 23.8 Å². The zero-order chi connectivity index (χ0) is 22.8. The number of hydrogen-bond acceptors (Lipinski definition) is 5. The average molecular weight is 507 g/mol. The van der Waals surface area contributed by atoms with Gasteiger partial charge in [-0.15, -0.1) is 0 Å². The van der Waals surface area contributed by atoms with Crippen LogP contribution in [-0.4, -0.2) is 48.1 Å². The molecule has 2 aromatic carbocycles. The van der Waals surface area contributed by atoms with Crippen LogP contribution in [0.4, 0.5) is 0 Å². The fraction of sp³-hybridized carbons (Fsp3) is 0.227. The van der Waals surface area contributed by atoms with Crippen LogP contribution in [0.1, 0.15) is 22.3 Å². The Kier molecular flexibility index (Phi) is 9.61. The lowest BCUT2D eigenvalue weighted by atomic mass is 10.1. The van der Waals surface area contributed by atoms with Gasteiger partial charge in [0.15, 0.2) is 0 Å². The maximum Gasteiger partial charge on any atom is 0.326 e. The molecule has 0 aliphatic heterocycles. The second-order valence-electron chi connectivity index (χ2n) is 6.41. The third-order valence-electron chi connectivity index (χ3n) is 4.24. The van der Waals surface area contributed by atoms with Gasteiger partial charge in [-0.2, -0.15) is 11.8 Å². The van der Waals surface area contributed by atoms with E-state index in [1.807, 2.05) is 6.26 Å². The minimum atomic E-state index is -1.14. The summed E-state index contributed by atoms with van der Waals surface area (Å²) in [6.07, 6.45) is 3.60. The maximum atomic E-state index is 12.9. The van der Waals surface area contributed by atoms with Crippen molar-refractivity contribution in [2.75, 3.05) is 19.1 Å². The number of carbonyl (C=O) groups is 3. The van der Waals surface area contributed by atoms with Gasteiger partial charge in [0.25, 0.3) is 11.8 Å². The van der Waals surface area contributed by atoms with Crippen LogP contribution in [0.2, 0.25) is 0 Å². The lowest BCUT2D eigenvalue weighted by Gasteiger charge is -2.17. The first-order chi connectivity index (χ1) is 14.8. The van der Waals surface area contributed by atoms with Gasteiger partial charge in [-0.1, -0.05) is 40.2 Å². The second kappa shape index (κ2) is 12.2. The Morgan fingerprint density at radius 2 is 1.84 bits per heavy atom. The molecule has 0 aromatic heterocycles. The summed E-state index contributed by atoms with van der Waals surface area (Å²) >= 11 is 4.83. The Morgan fingerprint density at radius 3 is 2.45 bits per heavy atom. The lowest BCUT2D eigenvalue weighted by molar-refractivity contribution is -0.141. The van der Waals surface area contributed by atoms with Gasteiger partial charge in [-0.05, 0) is 54.3 Å². The monoisotopic (exact) mass is 506 g/mol. The molecule has 0 aliphatic rings. The summed E-state index contributed by atoms with van der Waals surface area (Å²) in [7, 11) is 1.45. The van der Waals surface area contributed by atoms with Crippen LogP contribution in [0, 0.1) is 0 Å². The topological polar surface area (TPSA) is 105 Å². The van der Waals surface area contributed by atoms with E-state index in [1.54, 1.807) is 48.5 Å². The standard InChI is InChI=1S/C22H23BrN2O5S/c1-30-19-6-4-3-5-16(19)20(26)25-18(13-14-7-9-15(23)10-8-14)21(27)24-17(22(28)29)11-12-31-2/h3-10,13,17H,11-12H2,1-2H3,(H,24,27)(H,25,26)(H,28,29)/b18-13-/t17-/m0/s1. The van der Waals surface area contributed by atoms with Crippen LogP contribution < -0.4 is 15.4 Å². The molecule has 164 valence electrons. The van der Waals surface area contributed by atoms with Crippen LogP contribution in [-0.2, 0) is 9.59 Å². The van der Waals surface area contributed by atoms with Crippen LogP contribution in [0.3, 0.4) is 0 Å². The first-order valence-corrected chi connectivity index (χ1v) is 11.5. The van der Waals surface area contributed by atoms with Crippen molar-refractivity contribution in [2.45, 2.75) is 12.5 Å². The van der Waals surface area contributed by atoms with Gasteiger partial charge in [0, 0.05) is 4.47 Å². The van der Waals surface area contributed by atoms with Crippen molar-refractivity contribution in [2.24, 2.45) is 0 Å². The number of carboxylic acids is 1. The molecule has 1 atom stereocenters. The number of amides is 2. The zero-order valence-corrected chi connectivity index (χ0v) is 19.5. The van der Waals surface area contributed by atoms with E-state index in [0.717, 1.165) is 4.47 Å². The highest BCUT2D eigenvalue weighted by Gasteiger charge is 2.23. The Hall–Kier alpha value is -2.78. The minimum Gasteiger partial charge on any atom is -0.496 e. The molecule has 3 N–H and O–H groups in total. The van der Waals surface area contributed by atoms with Crippen LogP contribution in [0.15, 0.2) is 58.7 Å². The predicted octanol–water partition coefficient (Wildman–Crippen LogP) is 3.55.